The Bertz CT molecular complexity index is 202. The molecule has 0 saturated carbocycles. The van der Waals surface area contributed by atoms with E-state index in [4.69, 9.17) is 0 Å². The normalized spacial score (nSPS) is 38.7. The molecule has 0 bridgehead atoms. The summed E-state index contributed by atoms with van der Waals surface area (Å²) in [6, 6.07) is 1.17. The summed E-state index contributed by atoms with van der Waals surface area (Å²) in [5.41, 5.74) is 1.41. The van der Waals surface area contributed by atoms with Crippen molar-refractivity contribution >= 4 is 11.8 Å². The standard InChI is InChI=1S/C12H23NS/c1-8-9(2)11(4)13-12(10(8)3)6-7-14-5/h8-9,11-13H,3,6-7H2,1-2,4-5H3/t8?,9?,11?,12-/m0/s1. The summed E-state index contributed by atoms with van der Waals surface area (Å²) in [6.07, 6.45) is 3.39. The van der Waals surface area contributed by atoms with Crippen LogP contribution in [0.1, 0.15) is 27.2 Å². The molecule has 1 nitrogen and oxygen atoms in total. The third-order valence-corrected chi connectivity index (χ3v) is 4.33. The van der Waals surface area contributed by atoms with Gasteiger partial charge in [-0.3, -0.25) is 0 Å². The molecule has 1 aliphatic rings. The van der Waals surface area contributed by atoms with E-state index in [2.05, 4.69) is 38.9 Å². The lowest BCUT2D eigenvalue weighted by Gasteiger charge is -2.40. The van der Waals surface area contributed by atoms with Crippen LogP contribution in [0, 0.1) is 11.8 Å². The van der Waals surface area contributed by atoms with E-state index in [1.807, 2.05) is 11.8 Å². The number of hydrogen-bond acceptors (Lipinski definition) is 2. The van der Waals surface area contributed by atoms with Gasteiger partial charge in [-0.25, -0.2) is 0 Å². The van der Waals surface area contributed by atoms with Gasteiger partial charge in [0.1, 0.15) is 0 Å². The van der Waals surface area contributed by atoms with Crippen LogP contribution in [-0.2, 0) is 0 Å². The van der Waals surface area contributed by atoms with Gasteiger partial charge in [0.15, 0.2) is 0 Å². The lowest BCUT2D eigenvalue weighted by atomic mass is 9.77. The summed E-state index contributed by atoms with van der Waals surface area (Å²) in [7, 11) is 0. The van der Waals surface area contributed by atoms with E-state index in [1.165, 1.54) is 17.7 Å². The van der Waals surface area contributed by atoms with Gasteiger partial charge in [0, 0.05) is 12.1 Å². The van der Waals surface area contributed by atoms with E-state index in [-0.39, 0.29) is 0 Å². The van der Waals surface area contributed by atoms with E-state index >= 15 is 0 Å². The van der Waals surface area contributed by atoms with Crippen LogP contribution in [0.25, 0.3) is 0 Å². The Morgan fingerprint density at radius 2 is 2.00 bits per heavy atom. The summed E-state index contributed by atoms with van der Waals surface area (Å²) < 4.78 is 0. The average molecular weight is 213 g/mol. The first kappa shape index (κ1) is 12.1. The molecule has 1 saturated heterocycles. The van der Waals surface area contributed by atoms with Crippen LogP contribution in [0.3, 0.4) is 0 Å². The zero-order chi connectivity index (χ0) is 10.7. The van der Waals surface area contributed by atoms with Crippen LogP contribution in [0.15, 0.2) is 12.2 Å². The van der Waals surface area contributed by atoms with Gasteiger partial charge in [0.05, 0.1) is 0 Å². The number of rotatable bonds is 3. The molecule has 1 rings (SSSR count). The van der Waals surface area contributed by atoms with Crippen molar-refractivity contribution in [1.29, 1.82) is 0 Å². The van der Waals surface area contributed by atoms with Crippen LogP contribution in [0.5, 0.6) is 0 Å². The topological polar surface area (TPSA) is 12.0 Å². The molecule has 0 aliphatic carbocycles. The lowest BCUT2D eigenvalue weighted by Crippen LogP contribution is -2.50. The van der Waals surface area contributed by atoms with Gasteiger partial charge in [-0.2, -0.15) is 11.8 Å². The molecule has 0 amide bonds. The Kier molecular flexibility index (Phi) is 4.52. The molecular formula is C12H23NS. The van der Waals surface area contributed by atoms with Crippen LogP contribution in [0.2, 0.25) is 0 Å². The first-order chi connectivity index (χ1) is 6.57. The molecule has 0 aromatic rings. The number of piperidine rings is 1. The van der Waals surface area contributed by atoms with Gasteiger partial charge in [-0.1, -0.05) is 26.0 Å². The maximum absolute atomic E-state index is 4.24. The monoisotopic (exact) mass is 213 g/mol. The summed E-state index contributed by atoms with van der Waals surface area (Å²) >= 11 is 1.92. The minimum Gasteiger partial charge on any atom is -0.307 e. The van der Waals surface area contributed by atoms with Gasteiger partial charge in [0.2, 0.25) is 0 Å². The average Bonchev–Trinajstić information content (AvgIpc) is 2.18. The molecule has 3 unspecified atom stereocenters. The molecule has 0 aromatic carbocycles. The van der Waals surface area contributed by atoms with E-state index < -0.39 is 0 Å². The van der Waals surface area contributed by atoms with Gasteiger partial charge < -0.3 is 5.32 Å². The van der Waals surface area contributed by atoms with Crippen molar-refractivity contribution in [1.82, 2.24) is 5.32 Å². The van der Waals surface area contributed by atoms with Crippen molar-refractivity contribution in [3.8, 4) is 0 Å². The van der Waals surface area contributed by atoms with Crippen molar-refractivity contribution in [2.75, 3.05) is 12.0 Å². The summed E-state index contributed by atoms with van der Waals surface area (Å²) in [5, 5.41) is 3.67. The Morgan fingerprint density at radius 1 is 1.36 bits per heavy atom. The number of thioether (sulfide) groups is 1. The van der Waals surface area contributed by atoms with Crippen molar-refractivity contribution in [3.05, 3.63) is 12.2 Å². The Balaban J connectivity index is 2.56. The largest absolute Gasteiger partial charge is 0.307 e. The minimum absolute atomic E-state index is 0.545. The second-order valence-electron chi connectivity index (χ2n) is 4.51. The van der Waals surface area contributed by atoms with Crippen molar-refractivity contribution in [2.45, 2.75) is 39.3 Å². The Hall–Kier alpha value is 0.0500. The molecule has 0 radical (unpaired) electrons. The molecule has 1 fully saturated rings. The zero-order valence-corrected chi connectivity index (χ0v) is 10.7. The highest BCUT2D eigenvalue weighted by Gasteiger charge is 2.31. The van der Waals surface area contributed by atoms with Crippen molar-refractivity contribution < 1.29 is 0 Å². The van der Waals surface area contributed by atoms with Crippen LogP contribution in [0.4, 0.5) is 0 Å². The number of nitrogens with one attached hydrogen (secondary N) is 1. The summed E-state index contributed by atoms with van der Waals surface area (Å²) in [6.45, 7) is 11.2. The SMILES string of the molecule is C=C1C(C)C(C)C(C)N[C@H]1CCSC. The molecule has 2 heteroatoms. The van der Waals surface area contributed by atoms with Crippen LogP contribution in [-0.4, -0.2) is 24.1 Å². The molecule has 0 spiro atoms. The lowest BCUT2D eigenvalue weighted by molar-refractivity contribution is 0.249. The summed E-state index contributed by atoms with van der Waals surface area (Å²) in [4.78, 5) is 0. The maximum atomic E-state index is 4.24. The fourth-order valence-electron chi connectivity index (χ4n) is 2.17. The predicted molar refractivity (Wildman–Crippen MR) is 66.9 cm³/mol. The van der Waals surface area contributed by atoms with E-state index in [0.29, 0.717) is 23.9 Å². The Morgan fingerprint density at radius 3 is 2.57 bits per heavy atom. The third kappa shape index (κ3) is 2.54. The molecule has 1 heterocycles. The molecule has 1 aliphatic heterocycles. The van der Waals surface area contributed by atoms with Crippen LogP contribution < -0.4 is 5.32 Å². The van der Waals surface area contributed by atoms with Crippen molar-refractivity contribution in [2.24, 2.45) is 11.8 Å². The highest BCUT2D eigenvalue weighted by Crippen LogP contribution is 2.31. The smallest absolute Gasteiger partial charge is 0.0289 e. The van der Waals surface area contributed by atoms with Gasteiger partial charge in [0.25, 0.3) is 0 Å². The van der Waals surface area contributed by atoms with E-state index in [1.54, 1.807) is 0 Å². The number of hydrogen-bond donors (Lipinski definition) is 1. The second-order valence-corrected chi connectivity index (χ2v) is 5.50. The second kappa shape index (κ2) is 5.22. The predicted octanol–water partition coefficient (Wildman–Crippen LogP) is 2.93. The fraction of sp³-hybridized carbons (Fsp3) is 0.833. The molecule has 1 N–H and O–H groups in total. The van der Waals surface area contributed by atoms with Gasteiger partial charge >= 0.3 is 0 Å². The van der Waals surface area contributed by atoms with Crippen molar-refractivity contribution in [3.63, 3.8) is 0 Å². The highest BCUT2D eigenvalue weighted by molar-refractivity contribution is 7.98. The molecule has 4 atom stereocenters. The quantitative estimate of drug-likeness (QED) is 0.724. The first-order valence-corrected chi connectivity index (χ1v) is 6.91. The Labute approximate surface area is 92.7 Å². The molecule has 14 heavy (non-hydrogen) atoms. The van der Waals surface area contributed by atoms with Gasteiger partial charge in [-0.05, 0) is 37.2 Å². The highest BCUT2D eigenvalue weighted by atomic mass is 32.2. The minimum atomic E-state index is 0.545. The molecule has 0 aromatic heterocycles. The van der Waals surface area contributed by atoms with E-state index in [0.717, 1.165) is 0 Å². The maximum Gasteiger partial charge on any atom is 0.0289 e. The third-order valence-electron chi connectivity index (χ3n) is 3.68. The van der Waals surface area contributed by atoms with E-state index in [9.17, 15) is 0 Å². The molecule has 82 valence electrons. The molecular weight excluding hydrogens is 190 g/mol. The fourth-order valence-corrected chi connectivity index (χ4v) is 2.64. The first-order valence-electron chi connectivity index (χ1n) is 5.51. The van der Waals surface area contributed by atoms with Gasteiger partial charge in [-0.15, -0.1) is 0 Å². The van der Waals surface area contributed by atoms with Crippen LogP contribution >= 0.6 is 11.8 Å². The summed E-state index contributed by atoms with van der Waals surface area (Å²) in [5.74, 6) is 2.61. The zero-order valence-electron chi connectivity index (χ0n) is 9.84.